The SMILES string of the molecule is CC(C)OCC(F)(F)COCc1ccc(C2(O)CCN(C(=O)[O-])CC2)cc1. The van der Waals surface area contributed by atoms with Crippen LogP contribution in [0.1, 0.15) is 37.8 Å². The number of hydrogen-bond donors (Lipinski definition) is 1. The van der Waals surface area contributed by atoms with Crippen LogP contribution in [0.25, 0.3) is 0 Å². The molecule has 27 heavy (non-hydrogen) atoms. The third kappa shape index (κ3) is 6.41. The minimum atomic E-state index is -3.05. The lowest BCUT2D eigenvalue weighted by molar-refractivity contribution is -0.268. The van der Waals surface area contributed by atoms with Gasteiger partial charge < -0.3 is 29.4 Å². The van der Waals surface area contributed by atoms with Crippen LogP contribution in [0, 0.1) is 0 Å². The number of alkyl halides is 2. The zero-order chi connectivity index (χ0) is 20.1. The Balaban J connectivity index is 1.84. The van der Waals surface area contributed by atoms with E-state index in [1.165, 1.54) is 4.90 Å². The van der Waals surface area contributed by atoms with Crippen molar-refractivity contribution in [2.45, 2.75) is 50.9 Å². The van der Waals surface area contributed by atoms with Gasteiger partial charge in [-0.25, -0.2) is 8.78 Å². The number of hydrogen-bond acceptors (Lipinski definition) is 5. The Hall–Kier alpha value is -1.77. The molecule has 0 unspecified atom stereocenters. The van der Waals surface area contributed by atoms with Gasteiger partial charge in [-0.15, -0.1) is 0 Å². The molecular weight excluding hydrogens is 360 g/mol. The first-order valence-corrected chi connectivity index (χ1v) is 8.96. The molecule has 152 valence electrons. The number of ether oxygens (including phenoxy) is 2. The van der Waals surface area contributed by atoms with Gasteiger partial charge in [0.15, 0.2) is 0 Å². The lowest BCUT2D eigenvalue weighted by Crippen LogP contribution is -2.49. The molecule has 8 heteroatoms. The summed E-state index contributed by atoms with van der Waals surface area (Å²) in [6, 6.07) is 6.85. The molecular formula is C19H26F2NO5-. The van der Waals surface area contributed by atoms with Crippen LogP contribution in [-0.2, 0) is 21.7 Å². The van der Waals surface area contributed by atoms with Crippen molar-refractivity contribution in [3.05, 3.63) is 35.4 Å². The van der Waals surface area contributed by atoms with E-state index in [9.17, 15) is 23.8 Å². The predicted molar refractivity (Wildman–Crippen MR) is 92.2 cm³/mol. The monoisotopic (exact) mass is 386 g/mol. The van der Waals surface area contributed by atoms with Crippen molar-refractivity contribution in [2.24, 2.45) is 0 Å². The summed E-state index contributed by atoms with van der Waals surface area (Å²) in [5.41, 5.74) is 0.266. The number of piperidine rings is 1. The van der Waals surface area contributed by atoms with Crippen molar-refractivity contribution in [1.82, 2.24) is 4.90 Å². The highest BCUT2D eigenvalue weighted by molar-refractivity contribution is 5.62. The first kappa shape index (κ1) is 21.5. The Morgan fingerprint density at radius 1 is 1.26 bits per heavy atom. The average molecular weight is 386 g/mol. The first-order chi connectivity index (χ1) is 12.6. The van der Waals surface area contributed by atoms with Crippen molar-refractivity contribution in [2.75, 3.05) is 26.3 Å². The van der Waals surface area contributed by atoms with Gasteiger partial charge in [0.25, 0.3) is 5.92 Å². The number of benzene rings is 1. The fourth-order valence-electron chi connectivity index (χ4n) is 2.91. The van der Waals surface area contributed by atoms with E-state index >= 15 is 0 Å². The summed E-state index contributed by atoms with van der Waals surface area (Å²) in [5, 5.41) is 21.6. The molecule has 0 aromatic heterocycles. The van der Waals surface area contributed by atoms with Gasteiger partial charge in [0.1, 0.15) is 19.3 Å². The van der Waals surface area contributed by atoms with Crippen LogP contribution in [-0.4, -0.2) is 54.4 Å². The normalized spacial score (nSPS) is 17.3. The number of carboxylic acid groups (broad SMARTS) is 1. The van der Waals surface area contributed by atoms with Gasteiger partial charge in [-0.1, -0.05) is 24.3 Å². The Bertz CT molecular complexity index is 613. The number of carbonyl (C=O) groups is 1. The molecule has 1 aliphatic rings. The summed E-state index contributed by atoms with van der Waals surface area (Å²) in [7, 11) is 0. The van der Waals surface area contributed by atoms with Crippen LogP contribution < -0.4 is 5.11 Å². The zero-order valence-corrected chi connectivity index (χ0v) is 15.6. The first-order valence-electron chi connectivity index (χ1n) is 8.96. The lowest BCUT2D eigenvalue weighted by Gasteiger charge is -2.39. The van der Waals surface area contributed by atoms with Gasteiger partial charge in [-0.3, -0.25) is 0 Å². The summed E-state index contributed by atoms with van der Waals surface area (Å²) < 4.78 is 37.2. The predicted octanol–water partition coefficient (Wildman–Crippen LogP) is 1.89. The van der Waals surface area contributed by atoms with Crippen LogP contribution >= 0.6 is 0 Å². The number of amides is 1. The minimum absolute atomic E-state index is 0.0223. The quantitative estimate of drug-likeness (QED) is 0.738. The maximum absolute atomic E-state index is 13.6. The molecule has 0 radical (unpaired) electrons. The maximum Gasteiger partial charge on any atom is 0.293 e. The largest absolute Gasteiger partial charge is 0.530 e. The highest BCUT2D eigenvalue weighted by atomic mass is 19.3. The zero-order valence-electron chi connectivity index (χ0n) is 15.6. The van der Waals surface area contributed by atoms with Gasteiger partial charge >= 0.3 is 0 Å². The molecule has 0 saturated carbocycles. The van der Waals surface area contributed by atoms with Crippen molar-refractivity contribution < 1.29 is 33.3 Å². The topological polar surface area (TPSA) is 82.1 Å². The van der Waals surface area contributed by atoms with Crippen LogP contribution in [0.3, 0.4) is 0 Å². The van der Waals surface area contributed by atoms with Crippen LogP contribution in [0.5, 0.6) is 0 Å². The van der Waals surface area contributed by atoms with Gasteiger partial charge in [0, 0.05) is 13.1 Å². The molecule has 0 bridgehead atoms. The van der Waals surface area contributed by atoms with Crippen LogP contribution in [0.4, 0.5) is 13.6 Å². The van der Waals surface area contributed by atoms with E-state index in [1.54, 1.807) is 38.1 Å². The highest BCUT2D eigenvalue weighted by Gasteiger charge is 2.34. The van der Waals surface area contributed by atoms with Crippen molar-refractivity contribution in [1.29, 1.82) is 0 Å². The van der Waals surface area contributed by atoms with E-state index in [0.717, 1.165) is 0 Å². The van der Waals surface area contributed by atoms with Gasteiger partial charge in [0.2, 0.25) is 0 Å². The molecule has 1 N–H and O–H groups in total. The molecule has 1 saturated heterocycles. The molecule has 1 fully saturated rings. The molecule has 1 aliphatic heterocycles. The summed E-state index contributed by atoms with van der Waals surface area (Å²) in [6.45, 7) is 2.40. The number of halogens is 2. The number of aliphatic hydroxyl groups is 1. The van der Waals surface area contributed by atoms with Gasteiger partial charge in [-0.05, 0) is 37.8 Å². The standard InChI is InChI=1S/C19H27F2NO5/c1-14(2)27-13-19(20,21)12-26-11-15-3-5-16(6-4-15)18(25)7-9-22(10-8-18)17(23)24/h3-6,14,25H,7-13H2,1-2H3,(H,23,24)/p-1. The van der Waals surface area contributed by atoms with Crippen LogP contribution in [0.15, 0.2) is 24.3 Å². The average Bonchev–Trinajstić information content (AvgIpc) is 2.61. The van der Waals surface area contributed by atoms with E-state index in [-0.39, 0.29) is 38.6 Å². The van der Waals surface area contributed by atoms with E-state index in [1.807, 2.05) is 0 Å². The molecule has 6 nitrogen and oxygen atoms in total. The van der Waals surface area contributed by atoms with Gasteiger partial charge in [-0.2, -0.15) is 0 Å². The molecule has 1 amide bonds. The maximum atomic E-state index is 13.6. The molecule has 0 atom stereocenters. The fraction of sp³-hybridized carbons (Fsp3) is 0.632. The Kier molecular flexibility index (Phi) is 7.13. The fourth-order valence-corrected chi connectivity index (χ4v) is 2.91. The van der Waals surface area contributed by atoms with Crippen LogP contribution in [0.2, 0.25) is 0 Å². The Labute approximate surface area is 157 Å². The summed E-state index contributed by atoms with van der Waals surface area (Å²) in [6.07, 6.45) is -0.953. The molecule has 1 aromatic carbocycles. The second-order valence-corrected chi connectivity index (χ2v) is 7.19. The Morgan fingerprint density at radius 3 is 2.37 bits per heavy atom. The number of carbonyl (C=O) groups excluding carboxylic acids is 1. The van der Waals surface area contributed by atoms with E-state index in [4.69, 9.17) is 9.47 Å². The molecule has 0 aliphatic carbocycles. The molecule has 0 spiro atoms. The smallest absolute Gasteiger partial charge is 0.293 e. The second kappa shape index (κ2) is 8.95. The van der Waals surface area contributed by atoms with E-state index in [2.05, 4.69) is 0 Å². The summed E-state index contributed by atoms with van der Waals surface area (Å²) in [4.78, 5) is 12.0. The van der Waals surface area contributed by atoms with E-state index < -0.39 is 30.8 Å². The third-order valence-corrected chi connectivity index (χ3v) is 4.55. The number of likely N-dealkylation sites (tertiary alicyclic amines) is 1. The number of rotatable bonds is 8. The number of nitrogens with zero attached hydrogens (tertiary/aromatic N) is 1. The second-order valence-electron chi connectivity index (χ2n) is 7.19. The summed E-state index contributed by atoms with van der Waals surface area (Å²) in [5.74, 6) is -3.05. The van der Waals surface area contributed by atoms with Crippen molar-refractivity contribution >= 4 is 6.09 Å². The van der Waals surface area contributed by atoms with Crippen molar-refractivity contribution in [3.63, 3.8) is 0 Å². The van der Waals surface area contributed by atoms with Gasteiger partial charge in [0.05, 0.1) is 18.3 Å². The lowest BCUT2D eigenvalue weighted by atomic mass is 9.84. The molecule has 1 heterocycles. The molecule has 2 rings (SSSR count). The molecule has 1 aromatic rings. The van der Waals surface area contributed by atoms with Crippen molar-refractivity contribution in [3.8, 4) is 0 Å². The minimum Gasteiger partial charge on any atom is -0.530 e. The summed E-state index contributed by atoms with van der Waals surface area (Å²) >= 11 is 0. The Morgan fingerprint density at radius 2 is 1.85 bits per heavy atom. The third-order valence-electron chi connectivity index (χ3n) is 4.55. The van der Waals surface area contributed by atoms with E-state index in [0.29, 0.717) is 11.1 Å². The highest BCUT2D eigenvalue weighted by Crippen LogP contribution is 2.32.